The van der Waals surface area contributed by atoms with Gasteiger partial charge < -0.3 is 14.5 Å². The van der Waals surface area contributed by atoms with Gasteiger partial charge in [-0.2, -0.15) is 0 Å². The molecule has 0 radical (unpaired) electrons. The molecule has 0 unspecified atom stereocenters. The topological polar surface area (TPSA) is 68.5 Å². The molecule has 1 aliphatic carbocycles. The zero-order chi connectivity index (χ0) is 16.8. The van der Waals surface area contributed by atoms with Gasteiger partial charge in [0.2, 0.25) is 0 Å². The van der Waals surface area contributed by atoms with E-state index in [-0.39, 0.29) is 18.6 Å². The van der Waals surface area contributed by atoms with Gasteiger partial charge in [0, 0.05) is 12.1 Å². The van der Waals surface area contributed by atoms with Crippen molar-refractivity contribution in [3.8, 4) is 0 Å². The second kappa shape index (κ2) is 8.34. The summed E-state index contributed by atoms with van der Waals surface area (Å²) < 4.78 is 10.8. The summed E-state index contributed by atoms with van der Waals surface area (Å²) in [6.07, 6.45) is 6.05. The minimum atomic E-state index is -0.572. The normalized spacial score (nSPS) is 24.6. The molecule has 1 fully saturated rings. The highest BCUT2D eigenvalue weighted by molar-refractivity contribution is 9.10. The lowest BCUT2D eigenvalue weighted by Crippen LogP contribution is -2.45. The third-order valence-electron chi connectivity index (χ3n) is 4.38. The van der Waals surface area contributed by atoms with Crippen LogP contribution in [0.4, 0.5) is 0 Å². The summed E-state index contributed by atoms with van der Waals surface area (Å²) in [6.45, 7) is 4.11. The fraction of sp³-hybridized carbons (Fsp3) is 0.529. The number of amides is 1. The number of hydrogen-bond donors (Lipinski definition) is 1. The van der Waals surface area contributed by atoms with E-state index in [2.05, 4.69) is 35.1 Å². The molecule has 0 saturated heterocycles. The zero-order valence-electron chi connectivity index (χ0n) is 13.4. The minimum absolute atomic E-state index is 0.168. The van der Waals surface area contributed by atoms with E-state index >= 15 is 0 Å². The molecular formula is C17H22BrNO4. The molecule has 0 bridgehead atoms. The van der Waals surface area contributed by atoms with E-state index in [9.17, 15) is 9.59 Å². The Hall–Kier alpha value is -1.56. The van der Waals surface area contributed by atoms with Crippen molar-refractivity contribution < 1.29 is 18.7 Å². The second-order valence-electron chi connectivity index (χ2n) is 6.02. The molecule has 1 saturated carbocycles. The summed E-state index contributed by atoms with van der Waals surface area (Å²) in [5.74, 6) is 0.757. The van der Waals surface area contributed by atoms with Crippen LogP contribution < -0.4 is 5.32 Å². The lowest BCUT2D eigenvalue weighted by Gasteiger charge is -2.34. The summed E-state index contributed by atoms with van der Waals surface area (Å²) in [5, 5.41) is 2.97. The Morgan fingerprint density at radius 1 is 1.39 bits per heavy atom. The number of carbonyl (C=O) groups excluding carboxylic acids is 2. The lowest BCUT2D eigenvalue weighted by molar-refractivity contribution is -0.144. The lowest BCUT2D eigenvalue weighted by atomic mass is 9.78. The number of ether oxygens (including phenoxy) is 1. The van der Waals surface area contributed by atoms with Crippen molar-refractivity contribution in [3.63, 3.8) is 0 Å². The van der Waals surface area contributed by atoms with Crippen molar-refractivity contribution in [2.75, 3.05) is 6.61 Å². The van der Waals surface area contributed by atoms with Crippen LogP contribution in [0.15, 0.2) is 27.3 Å². The van der Waals surface area contributed by atoms with E-state index < -0.39 is 5.97 Å². The van der Waals surface area contributed by atoms with Crippen molar-refractivity contribution >= 4 is 33.9 Å². The van der Waals surface area contributed by atoms with Gasteiger partial charge in [0.1, 0.15) is 5.76 Å². The first-order chi connectivity index (χ1) is 11.0. The number of halogens is 1. The van der Waals surface area contributed by atoms with Gasteiger partial charge >= 0.3 is 5.97 Å². The van der Waals surface area contributed by atoms with Gasteiger partial charge in [-0.1, -0.05) is 26.7 Å². The minimum Gasteiger partial charge on any atom is -0.452 e. The van der Waals surface area contributed by atoms with Crippen LogP contribution >= 0.6 is 15.9 Å². The summed E-state index contributed by atoms with van der Waals surface area (Å²) in [4.78, 5) is 23.5. The monoisotopic (exact) mass is 383 g/mol. The Labute approximate surface area is 144 Å². The maximum absolute atomic E-state index is 11.9. The standard InChI is InChI=1S/C17H22BrNO4/c1-11-4-3-5-14(12(11)2)19-16(20)10-22-17(21)9-7-13-6-8-15(18)23-13/h6-9,11-12,14H,3-5,10H2,1-2H3,(H,19,20)/b9-7+/t11-,12+,14-/m0/s1. The molecule has 1 heterocycles. The molecule has 6 heteroatoms. The number of hydrogen-bond acceptors (Lipinski definition) is 4. The SMILES string of the molecule is C[C@H]1[C@@H](NC(=O)COC(=O)/C=C/c2ccc(Br)o2)CCC[C@@H]1C. The van der Waals surface area contributed by atoms with E-state index in [4.69, 9.17) is 9.15 Å². The quantitative estimate of drug-likeness (QED) is 0.623. The molecule has 126 valence electrons. The van der Waals surface area contributed by atoms with Gasteiger partial charge in [-0.25, -0.2) is 4.79 Å². The molecule has 1 amide bonds. The highest BCUT2D eigenvalue weighted by Gasteiger charge is 2.28. The molecule has 23 heavy (non-hydrogen) atoms. The predicted octanol–water partition coefficient (Wildman–Crippen LogP) is 3.54. The Morgan fingerprint density at radius 3 is 2.87 bits per heavy atom. The van der Waals surface area contributed by atoms with E-state index in [1.165, 1.54) is 18.6 Å². The third-order valence-corrected chi connectivity index (χ3v) is 4.80. The Kier molecular flexibility index (Phi) is 6.45. The van der Waals surface area contributed by atoms with Crippen molar-refractivity contribution in [3.05, 3.63) is 28.6 Å². The molecule has 1 N–H and O–H groups in total. The maximum Gasteiger partial charge on any atom is 0.331 e. The van der Waals surface area contributed by atoms with Gasteiger partial charge in [-0.05, 0) is 52.4 Å². The Morgan fingerprint density at radius 2 is 2.17 bits per heavy atom. The van der Waals surface area contributed by atoms with Crippen LogP contribution in [-0.4, -0.2) is 24.5 Å². The molecule has 0 aliphatic heterocycles. The van der Waals surface area contributed by atoms with E-state index in [1.807, 2.05) is 0 Å². The molecule has 1 aromatic heterocycles. The molecule has 0 spiro atoms. The zero-order valence-corrected chi connectivity index (χ0v) is 15.0. The Balaban J connectivity index is 1.73. The smallest absolute Gasteiger partial charge is 0.331 e. The molecule has 1 aliphatic rings. The first kappa shape index (κ1) is 17.8. The molecule has 2 rings (SSSR count). The summed E-state index contributed by atoms with van der Waals surface area (Å²) in [7, 11) is 0. The number of esters is 1. The average Bonchev–Trinajstić information content (AvgIpc) is 2.93. The van der Waals surface area contributed by atoms with Crippen molar-refractivity contribution in [1.29, 1.82) is 0 Å². The fourth-order valence-electron chi connectivity index (χ4n) is 2.79. The van der Waals surface area contributed by atoms with Crippen LogP contribution in [0, 0.1) is 11.8 Å². The number of carbonyl (C=O) groups is 2. The number of furan rings is 1. The molecule has 5 nitrogen and oxygen atoms in total. The van der Waals surface area contributed by atoms with Crippen molar-refractivity contribution in [2.24, 2.45) is 11.8 Å². The third kappa shape index (κ3) is 5.53. The average molecular weight is 384 g/mol. The fourth-order valence-corrected chi connectivity index (χ4v) is 3.11. The maximum atomic E-state index is 11.9. The first-order valence-corrected chi connectivity index (χ1v) is 8.64. The number of rotatable bonds is 5. The Bertz CT molecular complexity index is 581. The highest BCUT2D eigenvalue weighted by atomic mass is 79.9. The molecule has 1 aromatic rings. The van der Waals surface area contributed by atoms with Crippen LogP contribution in [0.25, 0.3) is 6.08 Å². The van der Waals surface area contributed by atoms with Gasteiger partial charge in [0.15, 0.2) is 11.3 Å². The molecule has 0 aromatic carbocycles. The van der Waals surface area contributed by atoms with Crippen LogP contribution in [0.5, 0.6) is 0 Å². The predicted molar refractivity (Wildman–Crippen MR) is 90.5 cm³/mol. The molecular weight excluding hydrogens is 362 g/mol. The van der Waals surface area contributed by atoms with E-state index in [1.54, 1.807) is 12.1 Å². The van der Waals surface area contributed by atoms with Crippen LogP contribution in [0.1, 0.15) is 38.9 Å². The van der Waals surface area contributed by atoms with Gasteiger partial charge in [0.25, 0.3) is 5.91 Å². The van der Waals surface area contributed by atoms with Gasteiger partial charge in [-0.3, -0.25) is 4.79 Å². The summed E-state index contributed by atoms with van der Waals surface area (Å²) in [6, 6.07) is 3.61. The van der Waals surface area contributed by atoms with E-state index in [0.717, 1.165) is 12.8 Å². The van der Waals surface area contributed by atoms with E-state index in [0.29, 0.717) is 22.3 Å². The summed E-state index contributed by atoms with van der Waals surface area (Å²) in [5.41, 5.74) is 0. The van der Waals surface area contributed by atoms with Crippen LogP contribution in [-0.2, 0) is 14.3 Å². The second-order valence-corrected chi connectivity index (χ2v) is 6.81. The van der Waals surface area contributed by atoms with Crippen LogP contribution in [0.2, 0.25) is 0 Å². The van der Waals surface area contributed by atoms with Crippen LogP contribution in [0.3, 0.4) is 0 Å². The summed E-state index contributed by atoms with van der Waals surface area (Å²) >= 11 is 3.18. The first-order valence-electron chi connectivity index (χ1n) is 7.85. The van der Waals surface area contributed by atoms with Crippen molar-refractivity contribution in [1.82, 2.24) is 5.32 Å². The molecule has 3 atom stereocenters. The highest BCUT2D eigenvalue weighted by Crippen LogP contribution is 2.29. The van der Waals surface area contributed by atoms with Gasteiger partial charge in [0.05, 0.1) is 0 Å². The largest absolute Gasteiger partial charge is 0.452 e. The number of nitrogens with one attached hydrogen (secondary N) is 1. The van der Waals surface area contributed by atoms with Crippen molar-refractivity contribution in [2.45, 2.75) is 39.2 Å². The van der Waals surface area contributed by atoms with Gasteiger partial charge in [-0.15, -0.1) is 0 Å².